The number of anilines is 2. The van der Waals surface area contributed by atoms with Crippen molar-refractivity contribution in [2.24, 2.45) is 0 Å². The number of nitrogens with one attached hydrogen (secondary N) is 1. The minimum atomic E-state index is -0.543. The number of nitrogens with two attached hydrogens (primary N) is 1. The lowest BCUT2D eigenvalue weighted by Crippen LogP contribution is -2.14. The molecule has 0 bridgehead atoms. The third-order valence-electron chi connectivity index (χ3n) is 3.98. The molecule has 0 aliphatic heterocycles. The Bertz CT molecular complexity index is 1070. The average molecular weight is 359 g/mol. The molecule has 4 rings (SSSR count). The van der Waals surface area contributed by atoms with Crippen LogP contribution in [0.25, 0.3) is 17.0 Å². The summed E-state index contributed by atoms with van der Waals surface area (Å²) < 4.78 is 6.96. The molecule has 0 fully saturated rings. The quantitative estimate of drug-likeness (QED) is 0.542. The Balaban J connectivity index is 1.46. The summed E-state index contributed by atoms with van der Waals surface area (Å²) in [5, 5.41) is 2.67. The molecule has 2 aromatic carbocycles. The highest BCUT2D eigenvalue weighted by atomic mass is 16.5. The highest BCUT2D eigenvalue weighted by molar-refractivity contribution is 5.84. The number of nitrogen functional groups attached to an aromatic ring is 1. The molecule has 0 radical (unpaired) electrons. The van der Waals surface area contributed by atoms with Gasteiger partial charge in [-0.2, -0.15) is 0 Å². The smallest absolute Gasteiger partial charge is 0.412 e. The van der Waals surface area contributed by atoms with E-state index in [1.54, 1.807) is 16.8 Å². The lowest BCUT2D eigenvalue weighted by atomic mass is 10.1. The fourth-order valence-electron chi connectivity index (χ4n) is 2.62. The van der Waals surface area contributed by atoms with Crippen molar-refractivity contribution in [2.45, 2.75) is 6.61 Å². The Morgan fingerprint density at radius 1 is 1.07 bits per heavy atom. The number of imidazole rings is 1. The van der Waals surface area contributed by atoms with Crippen molar-refractivity contribution >= 4 is 23.2 Å². The first-order valence-electron chi connectivity index (χ1n) is 8.36. The summed E-state index contributed by atoms with van der Waals surface area (Å²) in [6, 6.07) is 16.9. The standard InChI is InChI=1S/C20H17N5O2/c21-16-8-6-15(7-9-16)18-12-25-11-17(10-22-19(25)24-18)23-20(26)27-13-14-4-2-1-3-5-14/h1-12H,13,21H2,(H,23,26). The molecular formula is C20H17N5O2. The molecule has 0 spiro atoms. The van der Waals surface area contributed by atoms with E-state index in [1.165, 1.54) is 0 Å². The number of hydrogen-bond donors (Lipinski definition) is 2. The van der Waals surface area contributed by atoms with Gasteiger partial charge >= 0.3 is 6.09 Å². The molecule has 7 heteroatoms. The Labute approximate surface area is 155 Å². The van der Waals surface area contributed by atoms with E-state index in [4.69, 9.17) is 10.5 Å². The Morgan fingerprint density at radius 3 is 2.63 bits per heavy atom. The first kappa shape index (κ1) is 16.6. The molecule has 0 aliphatic rings. The van der Waals surface area contributed by atoms with Crippen LogP contribution < -0.4 is 11.1 Å². The van der Waals surface area contributed by atoms with Crippen LogP contribution >= 0.6 is 0 Å². The van der Waals surface area contributed by atoms with Gasteiger partial charge in [-0.1, -0.05) is 42.5 Å². The van der Waals surface area contributed by atoms with E-state index in [0.717, 1.165) is 16.8 Å². The third kappa shape index (κ3) is 3.87. The van der Waals surface area contributed by atoms with E-state index < -0.39 is 6.09 Å². The van der Waals surface area contributed by atoms with Crippen LogP contribution in [0.4, 0.5) is 16.2 Å². The highest BCUT2D eigenvalue weighted by Gasteiger charge is 2.08. The van der Waals surface area contributed by atoms with E-state index in [1.807, 2.05) is 60.8 Å². The summed E-state index contributed by atoms with van der Waals surface area (Å²) in [5.41, 5.74) is 9.56. The molecule has 0 saturated heterocycles. The van der Waals surface area contributed by atoms with Crippen LogP contribution in [0.3, 0.4) is 0 Å². The summed E-state index contributed by atoms with van der Waals surface area (Å²) in [6.07, 6.45) is 4.58. The summed E-state index contributed by atoms with van der Waals surface area (Å²) in [6.45, 7) is 0.203. The molecule has 7 nitrogen and oxygen atoms in total. The summed E-state index contributed by atoms with van der Waals surface area (Å²) in [4.78, 5) is 20.7. The van der Waals surface area contributed by atoms with E-state index in [2.05, 4.69) is 15.3 Å². The van der Waals surface area contributed by atoms with Gasteiger partial charge in [-0.05, 0) is 17.7 Å². The second kappa shape index (κ2) is 7.17. The van der Waals surface area contributed by atoms with Crippen LogP contribution in [-0.4, -0.2) is 20.5 Å². The van der Waals surface area contributed by atoms with E-state index in [-0.39, 0.29) is 6.61 Å². The van der Waals surface area contributed by atoms with Crippen LogP contribution in [0.15, 0.2) is 73.2 Å². The monoisotopic (exact) mass is 359 g/mol. The SMILES string of the molecule is Nc1ccc(-c2cn3cc(NC(=O)OCc4ccccc4)cnc3n2)cc1. The van der Waals surface area contributed by atoms with Gasteiger partial charge in [-0.15, -0.1) is 0 Å². The normalized spacial score (nSPS) is 10.7. The van der Waals surface area contributed by atoms with Crippen LogP contribution in [0.5, 0.6) is 0 Å². The molecule has 3 N–H and O–H groups in total. The van der Waals surface area contributed by atoms with E-state index in [0.29, 0.717) is 17.2 Å². The van der Waals surface area contributed by atoms with Gasteiger partial charge in [0, 0.05) is 23.6 Å². The molecule has 0 aliphatic carbocycles. The molecule has 0 saturated carbocycles. The predicted octanol–water partition coefficient (Wildman–Crippen LogP) is 3.73. The number of rotatable bonds is 4. The number of ether oxygens (including phenoxy) is 1. The second-order valence-electron chi connectivity index (χ2n) is 5.98. The van der Waals surface area contributed by atoms with E-state index >= 15 is 0 Å². The van der Waals surface area contributed by atoms with Crippen molar-refractivity contribution in [1.29, 1.82) is 0 Å². The zero-order valence-electron chi connectivity index (χ0n) is 14.4. The number of fused-ring (bicyclic) bond motifs is 1. The lowest BCUT2D eigenvalue weighted by Gasteiger charge is -2.07. The van der Waals surface area contributed by atoms with Gasteiger partial charge in [0.2, 0.25) is 5.78 Å². The molecule has 0 unspecified atom stereocenters. The maximum absolute atomic E-state index is 12.0. The fourth-order valence-corrected chi connectivity index (χ4v) is 2.62. The van der Waals surface area contributed by atoms with Gasteiger partial charge in [0.15, 0.2) is 0 Å². The van der Waals surface area contributed by atoms with Crippen molar-refractivity contribution in [3.05, 3.63) is 78.8 Å². The van der Waals surface area contributed by atoms with Crippen molar-refractivity contribution in [3.63, 3.8) is 0 Å². The Kier molecular flexibility index (Phi) is 4.40. The van der Waals surface area contributed by atoms with Gasteiger partial charge in [0.25, 0.3) is 0 Å². The van der Waals surface area contributed by atoms with Crippen LogP contribution in [0, 0.1) is 0 Å². The number of nitrogens with zero attached hydrogens (tertiary/aromatic N) is 3. The van der Waals surface area contributed by atoms with Gasteiger partial charge < -0.3 is 10.5 Å². The van der Waals surface area contributed by atoms with Crippen molar-refractivity contribution < 1.29 is 9.53 Å². The van der Waals surface area contributed by atoms with Crippen molar-refractivity contribution in [1.82, 2.24) is 14.4 Å². The predicted molar refractivity (Wildman–Crippen MR) is 103 cm³/mol. The fraction of sp³-hybridized carbons (Fsp3) is 0.0500. The number of benzene rings is 2. The van der Waals surface area contributed by atoms with Crippen LogP contribution in [0.2, 0.25) is 0 Å². The summed E-state index contributed by atoms with van der Waals surface area (Å²) in [7, 11) is 0. The number of hydrogen-bond acceptors (Lipinski definition) is 5. The highest BCUT2D eigenvalue weighted by Crippen LogP contribution is 2.20. The molecule has 2 heterocycles. The largest absolute Gasteiger partial charge is 0.444 e. The molecule has 2 aromatic heterocycles. The van der Waals surface area contributed by atoms with Gasteiger partial charge in [0.05, 0.1) is 17.6 Å². The summed E-state index contributed by atoms with van der Waals surface area (Å²) in [5.74, 6) is 0.532. The van der Waals surface area contributed by atoms with Crippen molar-refractivity contribution in [2.75, 3.05) is 11.1 Å². The second-order valence-corrected chi connectivity index (χ2v) is 5.98. The molecule has 4 aromatic rings. The first-order valence-corrected chi connectivity index (χ1v) is 8.36. The lowest BCUT2D eigenvalue weighted by molar-refractivity contribution is 0.155. The number of aromatic nitrogens is 3. The van der Waals surface area contributed by atoms with Gasteiger partial charge in [0.1, 0.15) is 6.61 Å². The van der Waals surface area contributed by atoms with Crippen LogP contribution in [-0.2, 0) is 11.3 Å². The van der Waals surface area contributed by atoms with Crippen molar-refractivity contribution in [3.8, 4) is 11.3 Å². The molecule has 0 atom stereocenters. The molecule has 134 valence electrons. The van der Waals surface area contributed by atoms with Crippen LogP contribution in [0.1, 0.15) is 5.56 Å². The Morgan fingerprint density at radius 2 is 1.85 bits per heavy atom. The maximum atomic E-state index is 12.0. The first-order chi connectivity index (χ1) is 13.2. The van der Waals surface area contributed by atoms with E-state index in [9.17, 15) is 4.79 Å². The number of amides is 1. The maximum Gasteiger partial charge on any atom is 0.412 e. The minimum absolute atomic E-state index is 0.203. The van der Waals surface area contributed by atoms with Gasteiger partial charge in [-0.25, -0.2) is 14.8 Å². The average Bonchev–Trinajstić information content (AvgIpc) is 3.11. The number of carbonyl (C=O) groups excluding carboxylic acids is 1. The summed E-state index contributed by atoms with van der Waals surface area (Å²) >= 11 is 0. The molecular weight excluding hydrogens is 342 g/mol. The zero-order chi connectivity index (χ0) is 18.6. The van der Waals surface area contributed by atoms with Gasteiger partial charge in [-0.3, -0.25) is 9.72 Å². The molecule has 1 amide bonds. The molecule has 27 heavy (non-hydrogen) atoms. The third-order valence-corrected chi connectivity index (χ3v) is 3.98. The minimum Gasteiger partial charge on any atom is -0.444 e. The zero-order valence-corrected chi connectivity index (χ0v) is 14.4. The Hall–Kier alpha value is -3.87. The number of carbonyl (C=O) groups is 1. The topological polar surface area (TPSA) is 94.5 Å².